The Hall–Kier alpha value is -2.03. The third-order valence-corrected chi connectivity index (χ3v) is 7.08. The fourth-order valence-electron chi connectivity index (χ4n) is 3.88. The first kappa shape index (κ1) is 19.3. The van der Waals surface area contributed by atoms with Gasteiger partial charge in [-0.25, -0.2) is 9.97 Å². The zero-order chi connectivity index (χ0) is 19.4. The second-order valence-electron chi connectivity index (χ2n) is 7.48. The van der Waals surface area contributed by atoms with Crippen molar-refractivity contribution in [3.8, 4) is 11.3 Å². The van der Waals surface area contributed by atoms with Crippen molar-refractivity contribution < 1.29 is 8.42 Å². The molecule has 7 nitrogen and oxygen atoms in total. The Balaban J connectivity index is 1.41. The Morgan fingerprint density at radius 3 is 2.46 bits per heavy atom. The minimum Gasteiger partial charge on any atom is -0.339 e. The molecule has 28 heavy (non-hydrogen) atoms. The molecule has 2 fully saturated rings. The molecule has 2 saturated heterocycles. The van der Waals surface area contributed by atoms with Crippen LogP contribution in [0.15, 0.2) is 42.6 Å². The van der Waals surface area contributed by atoms with Gasteiger partial charge in [0.05, 0.1) is 5.69 Å². The topological polar surface area (TPSA) is 78.4 Å². The molecule has 0 bridgehead atoms. The van der Waals surface area contributed by atoms with Crippen LogP contribution in [0.1, 0.15) is 32.1 Å². The predicted octanol–water partition coefficient (Wildman–Crippen LogP) is 2.43. The lowest BCUT2D eigenvalue weighted by Gasteiger charge is -2.23. The first-order chi connectivity index (χ1) is 13.6. The van der Waals surface area contributed by atoms with Gasteiger partial charge in [-0.3, -0.25) is 0 Å². The summed E-state index contributed by atoms with van der Waals surface area (Å²) in [6.45, 7) is 2.57. The Morgan fingerprint density at radius 1 is 0.964 bits per heavy atom. The smallest absolute Gasteiger partial charge is 0.279 e. The number of hydrogen-bond acceptors (Lipinski definition) is 5. The fourth-order valence-corrected chi connectivity index (χ4v) is 5.38. The lowest BCUT2D eigenvalue weighted by atomic mass is 10.1. The van der Waals surface area contributed by atoms with Gasteiger partial charge in [0.15, 0.2) is 0 Å². The molecule has 4 rings (SSSR count). The van der Waals surface area contributed by atoms with Crippen LogP contribution in [0, 0.1) is 0 Å². The first-order valence-corrected chi connectivity index (χ1v) is 11.5. The second kappa shape index (κ2) is 8.55. The van der Waals surface area contributed by atoms with Crippen molar-refractivity contribution in [3.63, 3.8) is 0 Å². The van der Waals surface area contributed by atoms with Gasteiger partial charge in [0.25, 0.3) is 10.2 Å². The SMILES string of the molecule is O=S(=O)(NC1CCN(c2nccc(-c3ccccc3)n2)C1)N1CCCCCC1. The van der Waals surface area contributed by atoms with Gasteiger partial charge < -0.3 is 4.90 Å². The molecule has 0 amide bonds. The average Bonchev–Trinajstić information content (AvgIpc) is 2.99. The summed E-state index contributed by atoms with van der Waals surface area (Å²) in [4.78, 5) is 11.2. The van der Waals surface area contributed by atoms with Crippen molar-refractivity contribution in [2.45, 2.75) is 38.1 Å². The predicted molar refractivity (Wildman–Crippen MR) is 110 cm³/mol. The molecule has 2 aromatic rings. The molecule has 3 heterocycles. The van der Waals surface area contributed by atoms with E-state index in [1.165, 1.54) is 0 Å². The summed E-state index contributed by atoms with van der Waals surface area (Å²) in [6, 6.07) is 11.8. The maximum absolute atomic E-state index is 12.7. The number of rotatable bonds is 5. The Morgan fingerprint density at radius 2 is 1.71 bits per heavy atom. The minimum atomic E-state index is -3.43. The highest BCUT2D eigenvalue weighted by atomic mass is 32.2. The average molecular weight is 402 g/mol. The summed E-state index contributed by atoms with van der Waals surface area (Å²) < 4.78 is 30.0. The standard InChI is InChI=1S/C20H27N5O2S/c26-28(27,25-13-6-1-2-7-14-25)23-18-11-15-24(16-18)20-21-12-10-19(22-20)17-8-4-3-5-9-17/h3-5,8-10,12,18,23H,1-2,6-7,11,13-16H2. The van der Waals surface area contributed by atoms with Gasteiger partial charge in [-0.15, -0.1) is 0 Å². The zero-order valence-electron chi connectivity index (χ0n) is 16.0. The van der Waals surface area contributed by atoms with Crippen molar-refractivity contribution in [2.75, 3.05) is 31.1 Å². The summed E-state index contributed by atoms with van der Waals surface area (Å²) >= 11 is 0. The Bertz CT molecular complexity index is 882. The van der Waals surface area contributed by atoms with Gasteiger partial charge in [0.1, 0.15) is 0 Å². The van der Waals surface area contributed by atoms with Gasteiger partial charge in [-0.05, 0) is 25.3 Å². The van der Waals surface area contributed by atoms with Crippen molar-refractivity contribution in [1.29, 1.82) is 0 Å². The van der Waals surface area contributed by atoms with E-state index in [4.69, 9.17) is 0 Å². The molecule has 0 saturated carbocycles. The molecular weight excluding hydrogens is 374 g/mol. The summed E-state index contributed by atoms with van der Waals surface area (Å²) in [5.41, 5.74) is 1.92. The number of anilines is 1. The maximum Gasteiger partial charge on any atom is 0.279 e. The van der Waals surface area contributed by atoms with Crippen molar-refractivity contribution in [3.05, 3.63) is 42.6 Å². The molecule has 0 radical (unpaired) electrons. The molecule has 2 aliphatic rings. The van der Waals surface area contributed by atoms with E-state index in [9.17, 15) is 8.42 Å². The van der Waals surface area contributed by atoms with Crippen molar-refractivity contribution in [1.82, 2.24) is 19.0 Å². The Kier molecular flexibility index (Phi) is 5.89. The van der Waals surface area contributed by atoms with Crippen LogP contribution < -0.4 is 9.62 Å². The highest BCUT2D eigenvalue weighted by Crippen LogP contribution is 2.22. The first-order valence-electron chi connectivity index (χ1n) is 10.0. The summed E-state index contributed by atoms with van der Waals surface area (Å²) in [6.07, 6.45) is 6.62. The normalized spacial score (nSPS) is 21.6. The highest BCUT2D eigenvalue weighted by Gasteiger charge is 2.31. The van der Waals surface area contributed by atoms with E-state index in [0.717, 1.165) is 49.9 Å². The summed E-state index contributed by atoms with van der Waals surface area (Å²) in [5.74, 6) is 0.651. The maximum atomic E-state index is 12.7. The molecule has 0 aliphatic carbocycles. The van der Waals surface area contributed by atoms with Gasteiger partial charge in [0, 0.05) is 44.0 Å². The largest absolute Gasteiger partial charge is 0.339 e. The number of benzene rings is 1. The van der Waals surface area contributed by atoms with Crippen LogP contribution in [0.5, 0.6) is 0 Å². The molecule has 1 atom stereocenters. The van der Waals surface area contributed by atoms with Crippen molar-refractivity contribution in [2.24, 2.45) is 0 Å². The zero-order valence-corrected chi connectivity index (χ0v) is 16.8. The Labute approximate surface area is 167 Å². The number of aromatic nitrogens is 2. The van der Waals surface area contributed by atoms with Gasteiger partial charge >= 0.3 is 0 Å². The fraction of sp³-hybridized carbons (Fsp3) is 0.500. The second-order valence-corrected chi connectivity index (χ2v) is 9.18. The summed E-state index contributed by atoms with van der Waals surface area (Å²) in [7, 11) is -3.43. The quantitative estimate of drug-likeness (QED) is 0.833. The van der Waals surface area contributed by atoms with Gasteiger partial charge in [0.2, 0.25) is 5.95 Å². The highest BCUT2D eigenvalue weighted by molar-refractivity contribution is 7.87. The van der Waals surface area contributed by atoms with E-state index in [1.54, 1.807) is 10.5 Å². The van der Waals surface area contributed by atoms with E-state index in [2.05, 4.69) is 19.6 Å². The monoisotopic (exact) mass is 401 g/mol. The van der Waals surface area contributed by atoms with Gasteiger partial charge in [-0.2, -0.15) is 17.4 Å². The lowest BCUT2D eigenvalue weighted by Crippen LogP contribution is -2.46. The van der Waals surface area contributed by atoms with Crippen LogP contribution >= 0.6 is 0 Å². The van der Waals surface area contributed by atoms with Crippen LogP contribution in [0.2, 0.25) is 0 Å². The van der Waals surface area contributed by atoms with E-state index in [-0.39, 0.29) is 6.04 Å². The number of nitrogens with zero attached hydrogens (tertiary/aromatic N) is 4. The van der Waals surface area contributed by atoms with Crippen molar-refractivity contribution >= 4 is 16.2 Å². The van der Waals surface area contributed by atoms with E-state index < -0.39 is 10.2 Å². The minimum absolute atomic E-state index is 0.114. The van der Waals surface area contributed by atoms with Crippen LogP contribution in [0.3, 0.4) is 0 Å². The van der Waals surface area contributed by atoms with Crippen LogP contribution in [-0.4, -0.2) is 54.9 Å². The molecule has 2 aliphatic heterocycles. The number of hydrogen-bond donors (Lipinski definition) is 1. The molecule has 1 aromatic carbocycles. The van der Waals surface area contributed by atoms with E-state index >= 15 is 0 Å². The van der Waals surface area contributed by atoms with E-state index in [1.807, 2.05) is 36.4 Å². The molecule has 1 N–H and O–H groups in total. The number of nitrogens with one attached hydrogen (secondary N) is 1. The van der Waals surface area contributed by atoms with Gasteiger partial charge in [-0.1, -0.05) is 43.2 Å². The van der Waals surface area contributed by atoms with E-state index in [0.29, 0.717) is 25.6 Å². The lowest BCUT2D eigenvalue weighted by molar-refractivity contribution is 0.409. The third kappa shape index (κ3) is 4.51. The van der Waals surface area contributed by atoms with Crippen LogP contribution in [-0.2, 0) is 10.2 Å². The molecule has 8 heteroatoms. The van der Waals surface area contributed by atoms with Crippen LogP contribution in [0.4, 0.5) is 5.95 Å². The molecule has 0 spiro atoms. The molecular formula is C20H27N5O2S. The van der Waals surface area contributed by atoms with Crippen LogP contribution in [0.25, 0.3) is 11.3 Å². The molecule has 1 aromatic heterocycles. The summed E-state index contributed by atoms with van der Waals surface area (Å²) in [5, 5.41) is 0. The molecule has 1 unspecified atom stereocenters. The third-order valence-electron chi connectivity index (χ3n) is 5.40. The molecule has 150 valence electrons.